The molecule has 0 aromatic heterocycles. The van der Waals surface area contributed by atoms with Gasteiger partial charge < -0.3 is 0 Å². The molecule has 1 fully saturated rings. The second-order valence-corrected chi connectivity index (χ2v) is 7.80. The second kappa shape index (κ2) is 7.05. The minimum Gasteiger partial charge on any atom is -0.144 e. The predicted molar refractivity (Wildman–Crippen MR) is 71.3 cm³/mol. The monoisotopic (exact) mass is 232 g/mol. The first kappa shape index (κ1) is 12.8. The van der Waals surface area contributed by atoms with Crippen molar-refractivity contribution in [1.29, 1.82) is 0 Å². The fraction of sp³-hybridized carbons (Fsp3) is 1.00. The average molecular weight is 232 g/mol. The Morgan fingerprint density at radius 3 is 2.29 bits per heavy atom. The topological polar surface area (TPSA) is 0 Å². The van der Waals surface area contributed by atoms with Gasteiger partial charge in [-0.3, -0.25) is 0 Å². The van der Waals surface area contributed by atoms with E-state index >= 15 is 0 Å². The molecule has 1 aliphatic heterocycles. The van der Waals surface area contributed by atoms with Gasteiger partial charge in [-0.15, -0.1) is 23.5 Å². The Balaban J connectivity index is 2.03. The van der Waals surface area contributed by atoms with Gasteiger partial charge in [0, 0.05) is 0 Å². The van der Waals surface area contributed by atoms with Crippen LogP contribution in [-0.4, -0.2) is 15.6 Å². The van der Waals surface area contributed by atoms with Gasteiger partial charge in [-0.05, 0) is 31.3 Å². The molecule has 0 amide bonds. The van der Waals surface area contributed by atoms with Crippen LogP contribution in [0.2, 0.25) is 0 Å². The van der Waals surface area contributed by atoms with Gasteiger partial charge in [0.2, 0.25) is 0 Å². The van der Waals surface area contributed by atoms with E-state index in [1.807, 2.05) is 0 Å². The Labute approximate surface area is 98.0 Å². The van der Waals surface area contributed by atoms with E-state index in [2.05, 4.69) is 37.4 Å². The molecule has 0 bridgehead atoms. The minimum absolute atomic E-state index is 0.560. The van der Waals surface area contributed by atoms with Crippen molar-refractivity contribution in [1.82, 2.24) is 0 Å². The molecule has 0 aliphatic carbocycles. The highest BCUT2D eigenvalue weighted by atomic mass is 32.2. The van der Waals surface area contributed by atoms with Crippen LogP contribution in [0.3, 0.4) is 0 Å². The van der Waals surface area contributed by atoms with Crippen molar-refractivity contribution >= 4 is 23.5 Å². The summed E-state index contributed by atoms with van der Waals surface area (Å²) < 4.78 is 0.560. The highest BCUT2D eigenvalue weighted by molar-refractivity contribution is 8.18. The van der Waals surface area contributed by atoms with Gasteiger partial charge >= 0.3 is 0 Å². The fourth-order valence-electron chi connectivity index (χ4n) is 1.87. The van der Waals surface area contributed by atoms with Crippen molar-refractivity contribution in [3.8, 4) is 0 Å². The Kier molecular flexibility index (Phi) is 6.43. The summed E-state index contributed by atoms with van der Waals surface area (Å²) in [4.78, 5) is 0. The van der Waals surface area contributed by atoms with Gasteiger partial charge in [0.05, 0.1) is 4.08 Å². The summed E-state index contributed by atoms with van der Waals surface area (Å²) >= 11 is 4.38. The zero-order valence-corrected chi connectivity index (χ0v) is 11.3. The zero-order chi connectivity index (χ0) is 10.3. The standard InChI is InChI=1S/C12H24S2/c1-3-4-5-6-7-9-12(2)13-10-8-11-14-12/h3-11H2,1-2H3. The van der Waals surface area contributed by atoms with Gasteiger partial charge in [0.1, 0.15) is 0 Å². The summed E-state index contributed by atoms with van der Waals surface area (Å²) in [6.45, 7) is 4.73. The van der Waals surface area contributed by atoms with Crippen LogP contribution in [0.5, 0.6) is 0 Å². The van der Waals surface area contributed by atoms with E-state index in [0.29, 0.717) is 4.08 Å². The van der Waals surface area contributed by atoms with Gasteiger partial charge in [0.15, 0.2) is 0 Å². The number of rotatable bonds is 6. The van der Waals surface area contributed by atoms with E-state index in [0.717, 1.165) is 0 Å². The van der Waals surface area contributed by atoms with Gasteiger partial charge in [-0.2, -0.15) is 0 Å². The van der Waals surface area contributed by atoms with Crippen molar-refractivity contribution in [2.45, 2.75) is 62.9 Å². The predicted octanol–water partition coefficient (Wildman–Crippen LogP) is 4.93. The molecule has 0 aromatic rings. The molecule has 0 atom stereocenters. The summed E-state index contributed by atoms with van der Waals surface area (Å²) in [5, 5.41) is 0. The van der Waals surface area contributed by atoms with Crippen molar-refractivity contribution in [2.24, 2.45) is 0 Å². The van der Waals surface area contributed by atoms with E-state index in [1.165, 1.54) is 56.5 Å². The smallest absolute Gasteiger partial charge is 0.0583 e. The quantitative estimate of drug-likeness (QED) is 0.595. The molecular formula is C12H24S2. The third kappa shape index (κ3) is 4.97. The molecule has 2 heteroatoms. The molecule has 14 heavy (non-hydrogen) atoms. The molecule has 1 rings (SSSR count). The number of hydrogen-bond donors (Lipinski definition) is 0. The highest BCUT2D eigenvalue weighted by Crippen LogP contribution is 2.45. The normalized spacial score (nSPS) is 21.0. The van der Waals surface area contributed by atoms with E-state index in [9.17, 15) is 0 Å². The molecule has 0 spiro atoms. The lowest BCUT2D eigenvalue weighted by Crippen LogP contribution is -2.20. The highest BCUT2D eigenvalue weighted by Gasteiger charge is 2.27. The van der Waals surface area contributed by atoms with Crippen LogP contribution in [0, 0.1) is 0 Å². The molecule has 1 saturated heterocycles. The van der Waals surface area contributed by atoms with Crippen LogP contribution in [-0.2, 0) is 0 Å². The maximum Gasteiger partial charge on any atom is 0.0583 e. The first-order chi connectivity index (χ1) is 6.77. The zero-order valence-electron chi connectivity index (χ0n) is 9.68. The van der Waals surface area contributed by atoms with Crippen LogP contribution >= 0.6 is 23.5 Å². The average Bonchev–Trinajstić information content (AvgIpc) is 2.18. The lowest BCUT2D eigenvalue weighted by molar-refractivity contribution is 0.594. The van der Waals surface area contributed by atoms with Crippen LogP contribution < -0.4 is 0 Å². The first-order valence-corrected chi connectivity index (χ1v) is 8.02. The van der Waals surface area contributed by atoms with Crippen molar-refractivity contribution in [2.75, 3.05) is 11.5 Å². The number of thioether (sulfide) groups is 2. The van der Waals surface area contributed by atoms with Crippen LogP contribution in [0.1, 0.15) is 58.8 Å². The van der Waals surface area contributed by atoms with E-state index in [1.54, 1.807) is 0 Å². The molecule has 0 N–H and O–H groups in total. The molecule has 1 aliphatic rings. The molecular weight excluding hydrogens is 208 g/mol. The molecule has 0 radical (unpaired) electrons. The summed E-state index contributed by atoms with van der Waals surface area (Å²) in [7, 11) is 0. The lowest BCUT2D eigenvalue weighted by atomic mass is 10.1. The molecule has 0 aromatic carbocycles. The maximum absolute atomic E-state index is 2.45. The van der Waals surface area contributed by atoms with Crippen LogP contribution in [0.25, 0.3) is 0 Å². The minimum atomic E-state index is 0.560. The molecule has 0 saturated carbocycles. The fourth-order valence-corrected chi connectivity index (χ4v) is 4.91. The van der Waals surface area contributed by atoms with Gasteiger partial charge in [0.25, 0.3) is 0 Å². The van der Waals surface area contributed by atoms with Gasteiger partial charge in [-0.1, -0.05) is 39.0 Å². The van der Waals surface area contributed by atoms with Crippen LogP contribution in [0.4, 0.5) is 0 Å². The van der Waals surface area contributed by atoms with Crippen molar-refractivity contribution in [3.05, 3.63) is 0 Å². The van der Waals surface area contributed by atoms with E-state index < -0.39 is 0 Å². The van der Waals surface area contributed by atoms with Crippen molar-refractivity contribution in [3.63, 3.8) is 0 Å². The van der Waals surface area contributed by atoms with E-state index in [4.69, 9.17) is 0 Å². The summed E-state index contributed by atoms with van der Waals surface area (Å²) in [6, 6.07) is 0. The molecule has 0 unspecified atom stereocenters. The number of unbranched alkanes of at least 4 members (excludes halogenated alkanes) is 4. The van der Waals surface area contributed by atoms with Crippen LogP contribution in [0.15, 0.2) is 0 Å². The van der Waals surface area contributed by atoms with E-state index in [-0.39, 0.29) is 0 Å². The third-order valence-electron chi connectivity index (χ3n) is 2.84. The maximum atomic E-state index is 2.45. The Morgan fingerprint density at radius 1 is 1.00 bits per heavy atom. The Hall–Kier alpha value is 0.700. The Morgan fingerprint density at radius 2 is 1.64 bits per heavy atom. The second-order valence-electron chi connectivity index (χ2n) is 4.35. The Bertz CT molecular complexity index is 139. The van der Waals surface area contributed by atoms with Gasteiger partial charge in [-0.25, -0.2) is 0 Å². The summed E-state index contributed by atoms with van der Waals surface area (Å²) in [5.74, 6) is 2.77. The SMILES string of the molecule is CCCCCCCC1(C)SCCCS1. The largest absolute Gasteiger partial charge is 0.144 e. The lowest BCUT2D eigenvalue weighted by Gasteiger charge is -2.32. The summed E-state index contributed by atoms with van der Waals surface area (Å²) in [5.41, 5.74) is 0. The summed E-state index contributed by atoms with van der Waals surface area (Å²) in [6.07, 6.45) is 9.97. The first-order valence-electron chi connectivity index (χ1n) is 6.05. The van der Waals surface area contributed by atoms with Crippen molar-refractivity contribution < 1.29 is 0 Å². The third-order valence-corrected chi connectivity index (χ3v) is 6.16. The molecule has 0 nitrogen and oxygen atoms in total. The molecule has 84 valence electrons. The molecule has 1 heterocycles. The number of hydrogen-bond acceptors (Lipinski definition) is 2.